The minimum absolute atomic E-state index is 0.287. The highest BCUT2D eigenvalue weighted by Gasteiger charge is 2.30. The average Bonchev–Trinajstić information content (AvgIpc) is 2.45. The van der Waals surface area contributed by atoms with E-state index in [4.69, 9.17) is 0 Å². The van der Waals surface area contributed by atoms with Crippen LogP contribution in [-0.2, 0) is 6.18 Å². The number of benzene rings is 2. The Morgan fingerprint density at radius 1 is 0.950 bits per heavy atom. The van der Waals surface area contributed by atoms with E-state index in [-0.39, 0.29) is 5.69 Å². The largest absolute Gasteiger partial charge is 0.691 e. The van der Waals surface area contributed by atoms with Gasteiger partial charge in [0.2, 0.25) is 0 Å². The first kappa shape index (κ1) is 13.9. The van der Waals surface area contributed by atoms with E-state index in [2.05, 4.69) is 10.6 Å². The maximum Gasteiger partial charge on any atom is 0.416 e. The summed E-state index contributed by atoms with van der Waals surface area (Å²) >= 11 is 0. The van der Waals surface area contributed by atoms with Gasteiger partial charge in [0, 0.05) is 0 Å². The molecule has 0 saturated carbocycles. The van der Waals surface area contributed by atoms with Gasteiger partial charge in [-0.3, -0.25) is 0 Å². The van der Waals surface area contributed by atoms with Crippen LogP contribution in [0.4, 0.5) is 24.5 Å². The third-order valence-corrected chi connectivity index (χ3v) is 2.46. The predicted octanol–water partition coefficient (Wildman–Crippen LogP) is 4.33. The lowest BCUT2D eigenvalue weighted by Crippen LogP contribution is -2.04. The zero-order chi connectivity index (χ0) is 14.6. The zero-order valence-electron chi connectivity index (χ0n) is 10.1. The lowest BCUT2D eigenvalue weighted by atomic mass is 10.2. The lowest BCUT2D eigenvalue weighted by Gasteiger charge is -2.06. The fourth-order valence-corrected chi connectivity index (χ4v) is 1.45. The molecule has 0 atom stereocenters. The number of rotatable bonds is 3. The van der Waals surface area contributed by atoms with Gasteiger partial charge in [0.1, 0.15) is 5.69 Å². The lowest BCUT2D eigenvalue weighted by molar-refractivity contribution is -0.439. The van der Waals surface area contributed by atoms with Gasteiger partial charge < -0.3 is 5.21 Å². The second-order valence-corrected chi connectivity index (χ2v) is 3.90. The number of nitrogens with one attached hydrogen (secondary N) is 1. The SMILES string of the molecule is [O-]/[N+](=N\Nc1ccc(C(F)(F)F)cc1)c1ccccc1. The van der Waals surface area contributed by atoms with E-state index in [0.717, 1.165) is 12.1 Å². The molecule has 0 saturated heterocycles. The molecule has 0 aliphatic rings. The first-order valence-corrected chi connectivity index (χ1v) is 5.63. The van der Waals surface area contributed by atoms with Crippen LogP contribution in [-0.4, -0.2) is 4.86 Å². The minimum atomic E-state index is -4.38. The van der Waals surface area contributed by atoms with E-state index >= 15 is 0 Å². The summed E-state index contributed by atoms with van der Waals surface area (Å²) in [6.07, 6.45) is -4.38. The molecule has 0 unspecified atom stereocenters. The minimum Gasteiger partial charge on any atom is -0.691 e. The van der Waals surface area contributed by atoms with Crippen LogP contribution in [0.2, 0.25) is 0 Å². The number of halogens is 3. The van der Waals surface area contributed by atoms with E-state index in [1.165, 1.54) is 12.1 Å². The Morgan fingerprint density at radius 2 is 1.55 bits per heavy atom. The zero-order valence-corrected chi connectivity index (χ0v) is 10.1. The quantitative estimate of drug-likeness (QED) is 0.517. The van der Waals surface area contributed by atoms with Gasteiger partial charge >= 0.3 is 6.18 Å². The highest BCUT2D eigenvalue weighted by molar-refractivity contribution is 5.44. The summed E-state index contributed by atoms with van der Waals surface area (Å²) in [6, 6.07) is 12.4. The van der Waals surface area contributed by atoms with Crippen LogP contribution < -0.4 is 5.43 Å². The molecule has 1 N–H and O–H groups in total. The molecule has 0 amide bonds. The van der Waals surface area contributed by atoms with E-state index in [1.807, 2.05) is 0 Å². The summed E-state index contributed by atoms with van der Waals surface area (Å²) in [6.45, 7) is 0. The van der Waals surface area contributed by atoms with E-state index in [1.54, 1.807) is 30.3 Å². The van der Waals surface area contributed by atoms with Crippen LogP contribution in [0.25, 0.3) is 0 Å². The molecule has 2 aromatic rings. The van der Waals surface area contributed by atoms with Gasteiger partial charge in [-0.1, -0.05) is 18.2 Å². The van der Waals surface area contributed by atoms with E-state index < -0.39 is 11.7 Å². The Bertz CT molecular complexity index is 595. The molecule has 4 nitrogen and oxygen atoms in total. The summed E-state index contributed by atoms with van der Waals surface area (Å²) in [4.78, 5) is 0.345. The monoisotopic (exact) mass is 281 g/mol. The van der Waals surface area contributed by atoms with Crippen molar-refractivity contribution in [2.24, 2.45) is 5.22 Å². The number of nitrogens with zero attached hydrogens (tertiary/aromatic N) is 2. The van der Waals surface area contributed by atoms with Crippen LogP contribution in [0.15, 0.2) is 59.8 Å². The Morgan fingerprint density at radius 3 is 2.10 bits per heavy atom. The second-order valence-electron chi connectivity index (χ2n) is 3.90. The predicted molar refractivity (Wildman–Crippen MR) is 67.2 cm³/mol. The van der Waals surface area contributed by atoms with Gasteiger partial charge in [-0.05, 0) is 36.4 Å². The van der Waals surface area contributed by atoms with E-state index in [9.17, 15) is 18.4 Å². The molecular weight excluding hydrogens is 271 g/mol. The molecular formula is C13H10F3N3O. The number of para-hydroxylation sites is 1. The van der Waals surface area contributed by atoms with E-state index in [0.29, 0.717) is 10.5 Å². The maximum atomic E-state index is 12.4. The van der Waals surface area contributed by atoms with Crippen molar-refractivity contribution in [2.45, 2.75) is 6.18 Å². The summed E-state index contributed by atoms with van der Waals surface area (Å²) in [5, 5.41) is 15.1. The molecule has 0 heterocycles. The van der Waals surface area contributed by atoms with Crippen LogP contribution in [0, 0.1) is 5.21 Å². The van der Waals surface area contributed by atoms with Crippen LogP contribution in [0.5, 0.6) is 0 Å². The average molecular weight is 281 g/mol. The third-order valence-electron chi connectivity index (χ3n) is 2.46. The first-order valence-electron chi connectivity index (χ1n) is 5.63. The molecule has 0 aliphatic carbocycles. The first-order chi connectivity index (χ1) is 9.47. The Kier molecular flexibility index (Phi) is 3.88. The van der Waals surface area contributed by atoms with Gasteiger partial charge in [-0.2, -0.15) is 13.2 Å². The Labute approximate surface area is 112 Å². The van der Waals surface area contributed by atoms with Crippen LogP contribution in [0.1, 0.15) is 5.56 Å². The van der Waals surface area contributed by atoms with Crippen molar-refractivity contribution in [3.63, 3.8) is 0 Å². The maximum absolute atomic E-state index is 12.4. The fourth-order valence-electron chi connectivity index (χ4n) is 1.45. The summed E-state index contributed by atoms with van der Waals surface area (Å²) in [5.74, 6) is 0. The molecule has 20 heavy (non-hydrogen) atoms. The summed E-state index contributed by atoms with van der Waals surface area (Å²) < 4.78 is 37.1. The topological polar surface area (TPSA) is 50.5 Å². The van der Waals surface area contributed by atoms with Crippen molar-refractivity contribution < 1.29 is 18.0 Å². The van der Waals surface area contributed by atoms with Crippen molar-refractivity contribution in [3.8, 4) is 0 Å². The molecule has 0 radical (unpaired) electrons. The molecule has 0 bridgehead atoms. The normalized spacial score (nSPS) is 12.2. The molecule has 7 heteroatoms. The highest BCUT2D eigenvalue weighted by Crippen LogP contribution is 2.29. The van der Waals surface area contributed by atoms with Gasteiger partial charge in [-0.25, -0.2) is 0 Å². The number of hydrogen-bond donors (Lipinski definition) is 1. The molecule has 2 rings (SSSR count). The fraction of sp³-hybridized carbons (Fsp3) is 0.0769. The summed E-state index contributed by atoms with van der Waals surface area (Å²) in [5.41, 5.74) is 2.23. The summed E-state index contributed by atoms with van der Waals surface area (Å²) in [7, 11) is 0. The Hall–Kier alpha value is -2.57. The molecule has 0 aromatic heterocycles. The van der Waals surface area contributed by atoms with Crippen molar-refractivity contribution in [2.75, 3.05) is 5.43 Å². The number of alkyl halides is 3. The number of hydrogen-bond acceptors (Lipinski definition) is 2. The molecule has 0 aliphatic heterocycles. The van der Waals surface area contributed by atoms with Gasteiger partial charge in [0.05, 0.1) is 10.8 Å². The smallest absolute Gasteiger partial charge is 0.416 e. The Balaban J connectivity index is 2.08. The molecule has 104 valence electrons. The number of anilines is 1. The van der Waals surface area contributed by atoms with Crippen molar-refractivity contribution in [1.29, 1.82) is 0 Å². The molecule has 0 spiro atoms. The van der Waals surface area contributed by atoms with Gasteiger partial charge in [-0.15, -0.1) is 10.3 Å². The van der Waals surface area contributed by atoms with Crippen molar-refractivity contribution in [3.05, 3.63) is 65.4 Å². The second kappa shape index (κ2) is 5.60. The van der Waals surface area contributed by atoms with Crippen molar-refractivity contribution in [1.82, 2.24) is 0 Å². The van der Waals surface area contributed by atoms with Gasteiger partial charge in [0.15, 0.2) is 5.69 Å². The third kappa shape index (κ3) is 3.47. The molecule has 0 fully saturated rings. The molecule has 2 aromatic carbocycles. The highest BCUT2D eigenvalue weighted by atomic mass is 19.4. The van der Waals surface area contributed by atoms with Crippen LogP contribution in [0.3, 0.4) is 0 Å². The standard InChI is InChI=1S/C13H10F3N3O/c14-13(15,16)10-6-8-11(9-7-10)17-18-19(20)12-4-2-1-3-5-12/h1-9,17H/b19-18-. The van der Waals surface area contributed by atoms with Crippen LogP contribution >= 0.6 is 0 Å². The van der Waals surface area contributed by atoms with Gasteiger partial charge in [0.25, 0.3) is 0 Å². The van der Waals surface area contributed by atoms with Crippen molar-refractivity contribution >= 4 is 11.4 Å².